The maximum atomic E-state index is 12.9. The lowest BCUT2D eigenvalue weighted by atomic mass is 9.86. The molecule has 0 bridgehead atoms. The van der Waals surface area contributed by atoms with Crippen LogP contribution in [0.1, 0.15) is 61.1 Å². The number of nitrogens with one attached hydrogen (secondary N) is 1. The Morgan fingerprint density at radius 2 is 1.63 bits per heavy atom. The maximum absolute atomic E-state index is 12.9. The first-order chi connectivity index (χ1) is 12.7. The van der Waals surface area contributed by atoms with E-state index in [0.29, 0.717) is 11.1 Å². The first-order valence-electron chi connectivity index (χ1n) is 8.79. The van der Waals surface area contributed by atoms with E-state index in [-0.39, 0.29) is 29.9 Å². The van der Waals surface area contributed by atoms with Gasteiger partial charge in [-0.3, -0.25) is 9.59 Å². The summed E-state index contributed by atoms with van der Waals surface area (Å²) in [5.74, 6) is -1.04. The number of Topliss-reactive ketones (excluding diaryl/α,β-unsaturated/α-hetero) is 1. The Bertz CT molecular complexity index is 844. The highest BCUT2D eigenvalue weighted by Gasteiger charge is 2.18. The number of ketones is 1. The predicted molar refractivity (Wildman–Crippen MR) is 102 cm³/mol. The SMILES string of the molecule is CC(C)(C)c1ccc(C(C#N)NC(=O)CCC(=O)c2ccc(F)cc2)cc1. The van der Waals surface area contributed by atoms with Gasteiger partial charge in [0.15, 0.2) is 5.78 Å². The van der Waals surface area contributed by atoms with Crippen molar-refractivity contribution in [1.82, 2.24) is 5.32 Å². The Hall–Kier alpha value is -3.00. The highest BCUT2D eigenvalue weighted by Crippen LogP contribution is 2.24. The molecule has 1 N–H and O–H groups in total. The molecule has 140 valence electrons. The van der Waals surface area contributed by atoms with Gasteiger partial charge in [-0.2, -0.15) is 5.26 Å². The molecule has 4 nitrogen and oxygen atoms in total. The fourth-order valence-electron chi connectivity index (χ4n) is 2.61. The van der Waals surface area contributed by atoms with E-state index in [1.165, 1.54) is 24.3 Å². The molecule has 0 aliphatic heterocycles. The molecule has 5 heteroatoms. The molecule has 2 aromatic carbocycles. The summed E-state index contributed by atoms with van der Waals surface area (Å²) in [5.41, 5.74) is 2.20. The van der Waals surface area contributed by atoms with Crippen molar-refractivity contribution in [3.05, 3.63) is 71.0 Å². The zero-order chi connectivity index (χ0) is 20.0. The summed E-state index contributed by atoms with van der Waals surface area (Å²) in [4.78, 5) is 24.2. The smallest absolute Gasteiger partial charge is 0.221 e. The summed E-state index contributed by atoms with van der Waals surface area (Å²) in [6.45, 7) is 6.30. The van der Waals surface area contributed by atoms with Crippen molar-refractivity contribution in [2.24, 2.45) is 0 Å². The lowest BCUT2D eigenvalue weighted by molar-refractivity contribution is -0.121. The Labute approximate surface area is 159 Å². The second-order valence-corrected chi connectivity index (χ2v) is 7.43. The van der Waals surface area contributed by atoms with Gasteiger partial charge < -0.3 is 5.32 Å². The van der Waals surface area contributed by atoms with E-state index in [2.05, 4.69) is 32.2 Å². The molecule has 0 heterocycles. The zero-order valence-electron chi connectivity index (χ0n) is 15.8. The van der Waals surface area contributed by atoms with Crippen molar-refractivity contribution in [2.75, 3.05) is 0 Å². The molecule has 0 saturated carbocycles. The lowest BCUT2D eigenvalue weighted by Crippen LogP contribution is -2.28. The van der Waals surface area contributed by atoms with Crippen molar-refractivity contribution in [3.63, 3.8) is 0 Å². The molecule has 27 heavy (non-hydrogen) atoms. The van der Waals surface area contributed by atoms with Crippen molar-refractivity contribution >= 4 is 11.7 Å². The van der Waals surface area contributed by atoms with Gasteiger partial charge in [0.1, 0.15) is 11.9 Å². The Balaban J connectivity index is 1.94. The number of carbonyl (C=O) groups excluding carboxylic acids is 2. The predicted octanol–water partition coefficient (Wildman–Crippen LogP) is 4.47. The Morgan fingerprint density at radius 1 is 1.04 bits per heavy atom. The highest BCUT2D eigenvalue weighted by atomic mass is 19.1. The van der Waals surface area contributed by atoms with Crippen LogP contribution in [0.15, 0.2) is 48.5 Å². The van der Waals surface area contributed by atoms with Gasteiger partial charge in [0.05, 0.1) is 6.07 Å². The summed E-state index contributed by atoms with van der Waals surface area (Å²) in [7, 11) is 0. The largest absolute Gasteiger partial charge is 0.337 e. The van der Waals surface area contributed by atoms with Crippen LogP contribution in [0, 0.1) is 17.1 Å². The third kappa shape index (κ3) is 5.75. The van der Waals surface area contributed by atoms with E-state index in [1.54, 1.807) is 0 Å². The average molecular weight is 366 g/mol. The van der Waals surface area contributed by atoms with Crippen LogP contribution in [-0.2, 0) is 10.2 Å². The van der Waals surface area contributed by atoms with E-state index in [1.807, 2.05) is 24.3 Å². The molecular formula is C22H23FN2O2. The minimum Gasteiger partial charge on any atom is -0.337 e. The number of benzene rings is 2. The van der Waals surface area contributed by atoms with Gasteiger partial charge in [-0.1, -0.05) is 45.0 Å². The fraction of sp³-hybridized carbons (Fsp3) is 0.318. The molecular weight excluding hydrogens is 343 g/mol. The standard InChI is InChI=1S/C22H23FN2O2/c1-22(2,3)17-8-4-15(5-9-17)19(14-24)25-21(27)13-12-20(26)16-6-10-18(23)11-7-16/h4-11,19H,12-13H2,1-3H3,(H,25,27). The Morgan fingerprint density at radius 3 is 2.15 bits per heavy atom. The quantitative estimate of drug-likeness (QED) is 0.767. The number of nitrogens with zero attached hydrogens (tertiary/aromatic N) is 1. The van der Waals surface area contributed by atoms with E-state index in [9.17, 15) is 19.2 Å². The first kappa shape index (κ1) is 20.3. The molecule has 0 aliphatic rings. The number of halogens is 1. The van der Waals surface area contributed by atoms with Crippen molar-refractivity contribution in [1.29, 1.82) is 5.26 Å². The number of hydrogen-bond acceptors (Lipinski definition) is 3. The van der Waals surface area contributed by atoms with E-state index in [0.717, 1.165) is 5.56 Å². The third-order valence-electron chi connectivity index (χ3n) is 4.29. The maximum Gasteiger partial charge on any atom is 0.221 e. The normalized spacial score (nSPS) is 12.1. The monoisotopic (exact) mass is 366 g/mol. The molecule has 2 aromatic rings. The van der Waals surface area contributed by atoms with Gasteiger partial charge in [0, 0.05) is 18.4 Å². The molecule has 0 aromatic heterocycles. The summed E-state index contributed by atoms with van der Waals surface area (Å²) in [5, 5.41) is 12.0. The number of amides is 1. The van der Waals surface area contributed by atoms with Crippen LogP contribution in [-0.4, -0.2) is 11.7 Å². The second kappa shape index (κ2) is 8.59. The van der Waals surface area contributed by atoms with E-state index < -0.39 is 11.9 Å². The number of rotatable bonds is 6. The van der Waals surface area contributed by atoms with Crippen LogP contribution in [0.4, 0.5) is 4.39 Å². The molecule has 0 saturated heterocycles. The van der Waals surface area contributed by atoms with Gasteiger partial charge in [-0.05, 0) is 40.8 Å². The molecule has 0 fully saturated rings. The van der Waals surface area contributed by atoms with Crippen molar-refractivity contribution in [3.8, 4) is 6.07 Å². The second-order valence-electron chi connectivity index (χ2n) is 7.43. The molecule has 2 rings (SSSR count). The topological polar surface area (TPSA) is 70.0 Å². The summed E-state index contributed by atoms with van der Waals surface area (Å²) in [6.07, 6.45) is -0.0347. The minimum atomic E-state index is -0.771. The number of carbonyl (C=O) groups is 2. The summed E-state index contributed by atoms with van der Waals surface area (Å²) >= 11 is 0. The third-order valence-corrected chi connectivity index (χ3v) is 4.29. The summed E-state index contributed by atoms with van der Waals surface area (Å²) < 4.78 is 12.9. The number of nitriles is 1. The van der Waals surface area contributed by atoms with Crippen LogP contribution in [0.2, 0.25) is 0 Å². The van der Waals surface area contributed by atoms with Crippen LogP contribution < -0.4 is 5.32 Å². The van der Waals surface area contributed by atoms with Crippen LogP contribution in [0.5, 0.6) is 0 Å². The average Bonchev–Trinajstić information content (AvgIpc) is 2.64. The van der Waals surface area contributed by atoms with Gasteiger partial charge in [0.25, 0.3) is 0 Å². The van der Waals surface area contributed by atoms with Gasteiger partial charge in [-0.15, -0.1) is 0 Å². The van der Waals surface area contributed by atoms with Crippen molar-refractivity contribution < 1.29 is 14.0 Å². The van der Waals surface area contributed by atoms with E-state index >= 15 is 0 Å². The van der Waals surface area contributed by atoms with Crippen molar-refractivity contribution in [2.45, 2.75) is 45.1 Å². The first-order valence-corrected chi connectivity index (χ1v) is 8.79. The molecule has 1 amide bonds. The van der Waals surface area contributed by atoms with Crippen LogP contribution in [0.3, 0.4) is 0 Å². The van der Waals surface area contributed by atoms with E-state index in [4.69, 9.17) is 0 Å². The minimum absolute atomic E-state index is 0.00141. The van der Waals surface area contributed by atoms with Gasteiger partial charge >= 0.3 is 0 Å². The molecule has 0 spiro atoms. The molecule has 1 unspecified atom stereocenters. The number of hydrogen-bond donors (Lipinski definition) is 1. The molecule has 0 aliphatic carbocycles. The summed E-state index contributed by atoms with van der Waals surface area (Å²) in [6, 6.07) is 14.1. The fourth-order valence-corrected chi connectivity index (χ4v) is 2.61. The van der Waals surface area contributed by atoms with Gasteiger partial charge in [-0.25, -0.2) is 4.39 Å². The van der Waals surface area contributed by atoms with Crippen LogP contribution in [0.25, 0.3) is 0 Å². The lowest BCUT2D eigenvalue weighted by Gasteiger charge is -2.20. The highest BCUT2D eigenvalue weighted by molar-refractivity contribution is 5.97. The molecule has 0 radical (unpaired) electrons. The van der Waals surface area contributed by atoms with Crippen LogP contribution >= 0.6 is 0 Å². The zero-order valence-corrected chi connectivity index (χ0v) is 15.8. The molecule has 1 atom stereocenters. The van der Waals surface area contributed by atoms with Gasteiger partial charge in [0.2, 0.25) is 5.91 Å². The Kier molecular flexibility index (Phi) is 6.46.